The van der Waals surface area contributed by atoms with E-state index >= 15 is 0 Å². The van der Waals surface area contributed by atoms with E-state index in [0.29, 0.717) is 6.54 Å². The third-order valence-electron chi connectivity index (χ3n) is 4.53. The van der Waals surface area contributed by atoms with E-state index in [4.69, 9.17) is 5.73 Å². The van der Waals surface area contributed by atoms with Crippen LogP contribution in [0.15, 0.2) is 48.5 Å². The van der Waals surface area contributed by atoms with Crippen molar-refractivity contribution in [3.05, 3.63) is 59.7 Å². The lowest BCUT2D eigenvalue weighted by Crippen LogP contribution is -2.28. The Labute approximate surface area is 134 Å². The molecule has 3 rings (SSSR count). The molecule has 1 saturated heterocycles. The van der Waals surface area contributed by atoms with E-state index in [1.165, 1.54) is 54.6 Å². The first kappa shape index (κ1) is 15.3. The molecule has 2 nitrogen and oxygen atoms in total. The Morgan fingerprint density at radius 2 is 1.27 bits per heavy atom. The molecule has 1 aliphatic heterocycles. The Hall–Kier alpha value is -1.64. The van der Waals surface area contributed by atoms with Crippen molar-refractivity contribution in [1.82, 2.24) is 4.90 Å². The molecule has 1 fully saturated rings. The molecule has 2 N–H and O–H groups in total. The Kier molecular flexibility index (Phi) is 5.25. The average Bonchev–Trinajstić information content (AvgIpc) is 2.58. The van der Waals surface area contributed by atoms with Gasteiger partial charge in [-0.05, 0) is 61.2 Å². The molecule has 2 aromatic rings. The quantitative estimate of drug-likeness (QED) is 0.908. The van der Waals surface area contributed by atoms with Crippen molar-refractivity contribution >= 4 is 0 Å². The topological polar surface area (TPSA) is 29.3 Å². The second-order valence-electron chi connectivity index (χ2n) is 6.27. The van der Waals surface area contributed by atoms with Crippen LogP contribution in [0.25, 0.3) is 11.1 Å². The second-order valence-corrected chi connectivity index (χ2v) is 6.27. The molecule has 0 amide bonds. The molecule has 22 heavy (non-hydrogen) atoms. The first-order valence-corrected chi connectivity index (χ1v) is 8.46. The molecule has 0 unspecified atom stereocenters. The Morgan fingerprint density at radius 1 is 0.727 bits per heavy atom. The largest absolute Gasteiger partial charge is 0.330 e. The fraction of sp³-hybridized carbons (Fsp3) is 0.400. The first-order valence-electron chi connectivity index (χ1n) is 8.46. The zero-order valence-corrected chi connectivity index (χ0v) is 13.3. The minimum Gasteiger partial charge on any atom is -0.330 e. The van der Waals surface area contributed by atoms with Crippen LogP contribution in [-0.2, 0) is 13.0 Å². The van der Waals surface area contributed by atoms with Crippen LogP contribution >= 0.6 is 0 Å². The van der Waals surface area contributed by atoms with Gasteiger partial charge in [0, 0.05) is 6.54 Å². The molecule has 1 heterocycles. The summed E-state index contributed by atoms with van der Waals surface area (Å²) in [6.45, 7) is 4.31. The molecule has 2 heteroatoms. The van der Waals surface area contributed by atoms with E-state index < -0.39 is 0 Å². The van der Waals surface area contributed by atoms with Gasteiger partial charge in [0.1, 0.15) is 0 Å². The molecule has 1 aliphatic rings. The van der Waals surface area contributed by atoms with Gasteiger partial charge < -0.3 is 5.73 Å². The van der Waals surface area contributed by atoms with Crippen molar-refractivity contribution in [1.29, 1.82) is 0 Å². The fourth-order valence-corrected chi connectivity index (χ4v) is 3.21. The normalized spacial score (nSPS) is 15.9. The summed E-state index contributed by atoms with van der Waals surface area (Å²) >= 11 is 0. The number of hydrogen-bond donors (Lipinski definition) is 1. The Morgan fingerprint density at radius 3 is 1.82 bits per heavy atom. The van der Waals surface area contributed by atoms with Crippen LogP contribution in [0.2, 0.25) is 0 Å². The van der Waals surface area contributed by atoms with Crippen molar-refractivity contribution in [2.45, 2.75) is 32.2 Å². The van der Waals surface area contributed by atoms with Crippen LogP contribution in [0.4, 0.5) is 0 Å². The van der Waals surface area contributed by atoms with Gasteiger partial charge in [0.15, 0.2) is 0 Å². The van der Waals surface area contributed by atoms with Crippen LogP contribution < -0.4 is 5.73 Å². The zero-order valence-electron chi connectivity index (χ0n) is 13.3. The van der Waals surface area contributed by atoms with Crippen LogP contribution in [0.3, 0.4) is 0 Å². The van der Waals surface area contributed by atoms with Gasteiger partial charge in [-0.3, -0.25) is 4.90 Å². The van der Waals surface area contributed by atoms with Gasteiger partial charge in [-0.1, -0.05) is 55.0 Å². The maximum Gasteiger partial charge on any atom is 0.0233 e. The molecule has 0 aromatic heterocycles. The highest BCUT2D eigenvalue weighted by Crippen LogP contribution is 2.21. The summed E-state index contributed by atoms with van der Waals surface area (Å²) in [5, 5.41) is 0. The van der Waals surface area contributed by atoms with Gasteiger partial charge in [-0.25, -0.2) is 0 Å². The summed E-state index contributed by atoms with van der Waals surface area (Å²) in [6, 6.07) is 17.8. The first-order chi connectivity index (χ1) is 10.8. The smallest absolute Gasteiger partial charge is 0.0233 e. The lowest BCUT2D eigenvalue weighted by atomic mass is 10.0. The van der Waals surface area contributed by atoms with Crippen molar-refractivity contribution in [3.63, 3.8) is 0 Å². The standard InChI is InChI=1S/C20H26N2/c21-13-12-17-4-8-19(9-5-17)20-10-6-18(7-11-20)16-22-14-2-1-3-15-22/h4-11H,1-3,12-16,21H2. The highest BCUT2D eigenvalue weighted by Gasteiger charge is 2.10. The van der Waals surface area contributed by atoms with E-state index in [0.717, 1.165) is 13.0 Å². The maximum absolute atomic E-state index is 5.60. The van der Waals surface area contributed by atoms with Crippen LogP contribution in [0.5, 0.6) is 0 Å². The number of likely N-dealkylation sites (tertiary alicyclic amines) is 1. The Bertz CT molecular complexity index is 566. The molecule has 0 saturated carbocycles. The summed E-state index contributed by atoms with van der Waals surface area (Å²) in [5.74, 6) is 0. The van der Waals surface area contributed by atoms with Gasteiger partial charge in [0.2, 0.25) is 0 Å². The Balaban J connectivity index is 1.65. The third kappa shape index (κ3) is 3.96. The minimum atomic E-state index is 0.713. The van der Waals surface area contributed by atoms with Crippen LogP contribution in [-0.4, -0.2) is 24.5 Å². The van der Waals surface area contributed by atoms with E-state index in [2.05, 4.69) is 53.4 Å². The van der Waals surface area contributed by atoms with Crippen molar-refractivity contribution in [2.75, 3.05) is 19.6 Å². The summed E-state index contributed by atoms with van der Waals surface area (Å²) in [6.07, 6.45) is 5.06. The van der Waals surface area contributed by atoms with Crippen molar-refractivity contribution in [3.8, 4) is 11.1 Å². The zero-order chi connectivity index (χ0) is 15.2. The molecule has 0 radical (unpaired) electrons. The molecule has 116 valence electrons. The number of rotatable bonds is 5. The summed E-state index contributed by atoms with van der Waals surface area (Å²) in [5.41, 5.74) is 10.9. The number of nitrogens with zero attached hydrogens (tertiary/aromatic N) is 1. The average molecular weight is 294 g/mol. The lowest BCUT2D eigenvalue weighted by Gasteiger charge is -2.26. The lowest BCUT2D eigenvalue weighted by molar-refractivity contribution is 0.221. The van der Waals surface area contributed by atoms with Crippen molar-refractivity contribution < 1.29 is 0 Å². The summed E-state index contributed by atoms with van der Waals surface area (Å²) in [4.78, 5) is 2.57. The predicted octanol–water partition coefficient (Wildman–Crippen LogP) is 3.84. The van der Waals surface area contributed by atoms with E-state index in [1.54, 1.807) is 0 Å². The van der Waals surface area contributed by atoms with Gasteiger partial charge in [-0.2, -0.15) is 0 Å². The minimum absolute atomic E-state index is 0.713. The van der Waals surface area contributed by atoms with Gasteiger partial charge in [-0.15, -0.1) is 0 Å². The molecule has 0 spiro atoms. The summed E-state index contributed by atoms with van der Waals surface area (Å²) < 4.78 is 0. The van der Waals surface area contributed by atoms with E-state index in [1.807, 2.05) is 0 Å². The SMILES string of the molecule is NCCc1ccc(-c2ccc(CN3CCCCC3)cc2)cc1. The molecular weight excluding hydrogens is 268 g/mol. The van der Waals surface area contributed by atoms with Crippen LogP contribution in [0, 0.1) is 0 Å². The second kappa shape index (κ2) is 7.57. The van der Waals surface area contributed by atoms with Gasteiger partial charge in [0.05, 0.1) is 0 Å². The number of nitrogens with two attached hydrogens (primary N) is 1. The van der Waals surface area contributed by atoms with Gasteiger partial charge in [0.25, 0.3) is 0 Å². The molecule has 2 aromatic carbocycles. The fourth-order valence-electron chi connectivity index (χ4n) is 3.21. The molecular formula is C20H26N2. The van der Waals surface area contributed by atoms with Crippen LogP contribution in [0.1, 0.15) is 30.4 Å². The molecule has 0 atom stereocenters. The summed E-state index contributed by atoms with van der Waals surface area (Å²) in [7, 11) is 0. The monoisotopic (exact) mass is 294 g/mol. The van der Waals surface area contributed by atoms with E-state index in [9.17, 15) is 0 Å². The number of hydrogen-bond acceptors (Lipinski definition) is 2. The molecule has 0 bridgehead atoms. The van der Waals surface area contributed by atoms with E-state index in [-0.39, 0.29) is 0 Å². The molecule has 0 aliphatic carbocycles. The number of piperidine rings is 1. The highest BCUT2D eigenvalue weighted by atomic mass is 15.1. The maximum atomic E-state index is 5.60. The number of benzene rings is 2. The predicted molar refractivity (Wildman–Crippen MR) is 93.8 cm³/mol. The van der Waals surface area contributed by atoms with Crippen molar-refractivity contribution in [2.24, 2.45) is 5.73 Å². The third-order valence-corrected chi connectivity index (χ3v) is 4.53. The highest BCUT2D eigenvalue weighted by molar-refractivity contribution is 5.63. The van der Waals surface area contributed by atoms with Gasteiger partial charge >= 0.3 is 0 Å².